The van der Waals surface area contributed by atoms with Gasteiger partial charge in [-0.2, -0.15) is 0 Å². The largest absolute Gasteiger partial charge is 0.467 e. The number of hydrogen-bond acceptors (Lipinski definition) is 3. The Kier molecular flexibility index (Phi) is 5.14. The molecule has 0 unspecified atom stereocenters. The van der Waals surface area contributed by atoms with Crippen molar-refractivity contribution in [1.82, 2.24) is 10.6 Å². The van der Waals surface area contributed by atoms with Crippen LogP contribution in [0.2, 0.25) is 0 Å². The van der Waals surface area contributed by atoms with Gasteiger partial charge < -0.3 is 15.1 Å². The Labute approximate surface area is 129 Å². The first kappa shape index (κ1) is 15.6. The summed E-state index contributed by atoms with van der Waals surface area (Å²) in [4.78, 5) is 23.6. The van der Waals surface area contributed by atoms with Crippen molar-refractivity contribution in [3.63, 3.8) is 0 Å². The standard InChI is InChI=1S/C17H18N2O3/c1-12-6-3-4-7-14(12)10-16(19-13(2)20)17(21)18-11-15-8-5-9-22-15/h3-10H,11H2,1-2H3,(H,18,21)(H,19,20). The summed E-state index contributed by atoms with van der Waals surface area (Å²) >= 11 is 0. The van der Waals surface area contributed by atoms with Gasteiger partial charge in [-0.1, -0.05) is 24.3 Å². The normalized spacial score (nSPS) is 11.1. The highest BCUT2D eigenvalue weighted by Crippen LogP contribution is 2.11. The van der Waals surface area contributed by atoms with Gasteiger partial charge in [-0.25, -0.2) is 0 Å². The Morgan fingerprint density at radius 2 is 1.95 bits per heavy atom. The van der Waals surface area contributed by atoms with Gasteiger partial charge in [0.15, 0.2) is 0 Å². The molecule has 0 aliphatic heterocycles. The van der Waals surface area contributed by atoms with Crippen LogP contribution in [0.1, 0.15) is 23.8 Å². The summed E-state index contributed by atoms with van der Waals surface area (Å²) < 4.78 is 5.16. The molecule has 5 heteroatoms. The van der Waals surface area contributed by atoms with Gasteiger partial charge >= 0.3 is 0 Å². The molecule has 0 spiro atoms. The smallest absolute Gasteiger partial charge is 0.268 e. The fourth-order valence-electron chi connectivity index (χ4n) is 1.93. The second-order valence-electron chi connectivity index (χ2n) is 4.86. The zero-order valence-electron chi connectivity index (χ0n) is 12.6. The topological polar surface area (TPSA) is 71.3 Å². The first-order valence-corrected chi connectivity index (χ1v) is 6.92. The molecule has 2 aromatic rings. The van der Waals surface area contributed by atoms with Gasteiger partial charge in [-0.05, 0) is 36.3 Å². The molecule has 5 nitrogen and oxygen atoms in total. The average molecular weight is 298 g/mol. The van der Waals surface area contributed by atoms with Gasteiger partial charge in [0.1, 0.15) is 11.5 Å². The van der Waals surface area contributed by atoms with E-state index in [-0.39, 0.29) is 24.1 Å². The molecule has 0 aliphatic carbocycles. The van der Waals surface area contributed by atoms with Crippen LogP contribution >= 0.6 is 0 Å². The highest BCUT2D eigenvalue weighted by Gasteiger charge is 2.12. The maximum Gasteiger partial charge on any atom is 0.268 e. The molecular formula is C17H18N2O3. The van der Waals surface area contributed by atoms with Crippen molar-refractivity contribution >= 4 is 17.9 Å². The predicted molar refractivity (Wildman–Crippen MR) is 83.5 cm³/mol. The minimum atomic E-state index is -0.366. The molecule has 2 rings (SSSR count). The zero-order chi connectivity index (χ0) is 15.9. The quantitative estimate of drug-likeness (QED) is 0.833. The fourth-order valence-corrected chi connectivity index (χ4v) is 1.93. The van der Waals surface area contributed by atoms with E-state index in [1.165, 1.54) is 6.92 Å². The summed E-state index contributed by atoms with van der Waals surface area (Å²) in [7, 11) is 0. The molecular weight excluding hydrogens is 280 g/mol. The number of furan rings is 1. The maximum atomic E-state index is 12.3. The van der Waals surface area contributed by atoms with E-state index >= 15 is 0 Å². The highest BCUT2D eigenvalue weighted by atomic mass is 16.3. The van der Waals surface area contributed by atoms with E-state index in [1.807, 2.05) is 31.2 Å². The molecule has 2 amide bonds. The molecule has 0 aliphatic rings. The molecule has 0 saturated carbocycles. The first-order chi connectivity index (χ1) is 10.6. The summed E-state index contributed by atoms with van der Waals surface area (Å²) in [5, 5.41) is 5.28. The van der Waals surface area contributed by atoms with Crippen molar-refractivity contribution < 1.29 is 14.0 Å². The van der Waals surface area contributed by atoms with Gasteiger partial charge in [-0.15, -0.1) is 0 Å². The molecule has 0 saturated heterocycles. The number of hydrogen-bond donors (Lipinski definition) is 2. The lowest BCUT2D eigenvalue weighted by molar-refractivity contribution is -0.122. The molecule has 22 heavy (non-hydrogen) atoms. The minimum absolute atomic E-state index is 0.202. The van der Waals surface area contributed by atoms with E-state index in [4.69, 9.17) is 4.42 Å². The number of benzene rings is 1. The predicted octanol–water partition coefficient (Wildman–Crippen LogP) is 2.38. The SMILES string of the molecule is CC(=O)NC(=Cc1ccccc1C)C(=O)NCc1ccco1. The molecule has 0 fully saturated rings. The first-order valence-electron chi connectivity index (χ1n) is 6.92. The van der Waals surface area contributed by atoms with Crippen molar-refractivity contribution in [3.8, 4) is 0 Å². The van der Waals surface area contributed by atoms with Crippen molar-refractivity contribution in [3.05, 3.63) is 65.2 Å². The van der Waals surface area contributed by atoms with E-state index < -0.39 is 0 Å². The van der Waals surface area contributed by atoms with Crippen LogP contribution < -0.4 is 10.6 Å². The van der Waals surface area contributed by atoms with E-state index in [0.717, 1.165) is 11.1 Å². The van der Waals surface area contributed by atoms with Crippen LogP contribution in [0.25, 0.3) is 6.08 Å². The summed E-state index contributed by atoms with van der Waals surface area (Å²) in [6, 6.07) is 11.1. The molecule has 1 aromatic carbocycles. The maximum absolute atomic E-state index is 12.3. The summed E-state index contributed by atoms with van der Waals surface area (Å²) in [6.45, 7) is 3.57. The van der Waals surface area contributed by atoms with Crippen molar-refractivity contribution in [2.24, 2.45) is 0 Å². The van der Waals surface area contributed by atoms with Crippen LogP contribution in [0.4, 0.5) is 0 Å². The molecule has 1 aromatic heterocycles. The lowest BCUT2D eigenvalue weighted by Crippen LogP contribution is -2.33. The van der Waals surface area contributed by atoms with Crippen LogP contribution in [-0.4, -0.2) is 11.8 Å². The average Bonchev–Trinajstić information content (AvgIpc) is 2.99. The van der Waals surface area contributed by atoms with Crippen molar-refractivity contribution in [1.29, 1.82) is 0 Å². The van der Waals surface area contributed by atoms with Gasteiger partial charge in [0.2, 0.25) is 5.91 Å². The zero-order valence-corrected chi connectivity index (χ0v) is 12.6. The Morgan fingerprint density at radius 1 is 1.18 bits per heavy atom. The number of carbonyl (C=O) groups excluding carboxylic acids is 2. The second kappa shape index (κ2) is 7.26. The van der Waals surface area contributed by atoms with Crippen molar-refractivity contribution in [2.45, 2.75) is 20.4 Å². The number of amides is 2. The third-order valence-corrected chi connectivity index (χ3v) is 3.05. The highest BCUT2D eigenvalue weighted by molar-refractivity contribution is 6.00. The third kappa shape index (κ3) is 4.34. The Bertz CT molecular complexity index is 688. The van der Waals surface area contributed by atoms with E-state index in [1.54, 1.807) is 24.5 Å². The van der Waals surface area contributed by atoms with Crippen LogP contribution in [0.5, 0.6) is 0 Å². The Morgan fingerprint density at radius 3 is 2.59 bits per heavy atom. The van der Waals surface area contributed by atoms with Gasteiger partial charge in [0.25, 0.3) is 5.91 Å². The van der Waals surface area contributed by atoms with Crippen LogP contribution in [-0.2, 0) is 16.1 Å². The fraction of sp³-hybridized carbons (Fsp3) is 0.176. The van der Waals surface area contributed by atoms with E-state index in [9.17, 15) is 9.59 Å². The minimum Gasteiger partial charge on any atom is -0.467 e. The Hall–Kier alpha value is -2.82. The van der Waals surface area contributed by atoms with Gasteiger partial charge in [0, 0.05) is 6.92 Å². The number of aryl methyl sites for hydroxylation is 1. The molecule has 1 heterocycles. The Balaban J connectivity index is 2.16. The molecule has 2 N–H and O–H groups in total. The second-order valence-corrected chi connectivity index (χ2v) is 4.86. The van der Waals surface area contributed by atoms with Gasteiger partial charge in [-0.3, -0.25) is 9.59 Å². The monoisotopic (exact) mass is 298 g/mol. The summed E-state index contributed by atoms with van der Waals surface area (Å²) in [5.74, 6) is -0.0192. The number of carbonyl (C=O) groups is 2. The van der Waals surface area contributed by atoms with E-state index in [0.29, 0.717) is 5.76 Å². The van der Waals surface area contributed by atoms with Crippen molar-refractivity contribution in [2.75, 3.05) is 0 Å². The third-order valence-electron chi connectivity index (χ3n) is 3.05. The summed E-state index contributed by atoms with van der Waals surface area (Å²) in [6.07, 6.45) is 3.20. The summed E-state index contributed by atoms with van der Waals surface area (Å²) in [5.41, 5.74) is 2.09. The molecule has 0 radical (unpaired) electrons. The lowest BCUT2D eigenvalue weighted by atomic mass is 10.1. The van der Waals surface area contributed by atoms with Crippen LogP contribution in [0.3, 0.4) is 0 Å². The van der Waals surface area contributed by atoms with Crippen LogP contribution in [0.15, 0.2) is 52.8 Å². The van der Waals surface area contributed by atoms with E-state index in [2.05, 4.69) is 10.6 Å². The molecule has 0 atom stereocenters. The van der Waals surface area contributed by atoms with Gasteiger partial charge in [0.05, 0.1) is 12.8 Å². The lowest BCUT2D eigenvalue weighted by Gasteiger charge is -2.09. The molecule has 0 bridgehead atoms. The molecule has 114 valence electrons. The number of nitrogens with one attached hydrogen (secondary N) is 2. The van der Waals surface area contributed by atoms with Crippen LogP contribution in [0, 0.1) is 6.92 Å². The number of rotatable bonds is 5.